The van der Waals surface area contributed by atoms with E-state index in [9.17, 15) is 0 Å². The Morgan fingerprint density at radius 2 is 1.50 bits per heavy atom. The summed E-state index contributed by atoms with van der Waals surface area (Å²) in [6.07, 6.45) is 0.894. The zero-order chi connectivity index (χ0) is 11.5. The molecule has 2 heteroatoms. The topological polar surface area (TPSA) is 0 Å². The predicted molar refractivity (Wildman–Crippen MR) is 71.2 cm³/mol. The van der Waals surface area contributed by atoms with E-state index >= 15 is 0 Å². The van der Waals surface area contributed by atoms with Crippen LogP contribution in [0.25, 0.3) is 0 Å². The summed E-state index contributed by atoms with van der Waals surface area (Å²) in [5, 5.41) is 0. The van der Waals surface area contributed by atoms with Gasteiger partial charge in [-0.3, -0.25) is 0 Å². The van der Waals surface area contributed by atoms with Crippen LogP contribution in [0.5, 0.6) is 0 Å². The van der Waals surface area contributed by atoms with Gasteiger partial charge in [0, 0.05) is 0 Å². The lowest BCUT2D eigenvalue weighted by Crippen LogP contribution is -2.08. The third-order valence-corrected chi connectivity index (χ3v) is 2.73. The van der Waals surface area contributed by atoms with Crippen molar-refractivity contribution in [3.8, 4) is 0 Å². The molecule has 0 amide bonds. The van der Waals surface area contributed by atoms with Gasteiger partial charge in [-0.25, -0.2) is 0 Å². The zero-order valence-electron chi connectivity index (χ0n) is 9.40. The number of benzene rings is 2. The first-order valence-electron chi connectivity index (χ1n) is 5.34. The standard InChI is InChI=1S/C14H12B2/c1-10-2-3-12(9-14(10)16)8-11-4-6-13(15)7-5-11/h2-7,9H,8H2,1H3. The molecule has 16 heavy (non-hydrogen) atoms. The number of hydrogen-bond donors (Lipinski definition) is 0. The Hall–Kier alpha value is -1.43. The van der Waals surface area contributed by atoms with E-state index in [-0.39, 0.29) is 0 Å². The van der Waals surface area contributed by atoms with Crippen LogP contribution in [0.3, 0.4) is 0 Å². The van der Waals surface area contributed by atoms with E-state index in [1.54, 1.807) is 0 Å². The Labute approximate surface area is 99.5 Å². The molecule has 0 fully saturated rings. The van der Waals surface area contributed by atoms with Gasteiger partial charge in [0.1, 0.15) is 15.7 Å². The molecule has 0 bridgehead atoms. The molecule has 74 valence electrons. The maximum absolute atomic E-state index is 5.88. The van der Waals surface area contributed by atoms with E-state index in [0.29, 0.717) is 0 Å². The van der Waals surface area contributed by atoms with Crippen molar-refractivity contribution in [2.24, 2.45) is 0 Å². The lowest BCUT2D eigenvalue weighted by molar-refractivity contribution is 1.19. The number of aryl methyl sites for hydroxylation is 1. The fourth-order valence-electron chi connectivity index (χ4n) is 1.67. The average molecular weight is 202 g/mol. The van der Waals surface area contributed by atoms with E-state index in [1.165, 1.54) is 11.1 Å². The summed E-state index contributed by atoms with van der Waals surface area (Å²) in [6, 6.07) is 14.1. The van der Waals surface area contributed by atoms with Crippen molar-refractivity contribution in [3.05, 3.63) is 59.2 Å². The van der Waals surface area contributed by atoms with Crippen molar-refractivity contribution in [2.75, 3.05) is 0 Å². The van der Waals surface area contributed by atoms with Gasteiger partial charge in [-0.15, -0.1) is 0 Å². The Balaban J connectivity index is 2.20. The maximum atomic E-state index is 5.88. The molecule has 0 unspecified atom stereocenters. The van der Waals surface area contributed by atoms with Crippen LogP contribution in [0.4, 0.5) is 0 Å². The molecule has 0 nitrogen and oxygen atoms in total. The Morgan fingerprint density at radius 3 is 2.12 bits per heavy atom. The van der Waals surface area contributed by atoms with Crippen LogP contribution in [0, 0.1) is 6.92 Å². The highest BCUT2D eigenvalue weighted by Crippen LogP contribution is 2.08. The molecule has 2 aromatic rings. The maximum Gasteiger partial charge on any atom is 0.114 e. The molecule has 0 spiro atoms. The van der Waals surface area contributed by atoms with Gasteiger partial charge >= 0.3 is 0 Å². The van der Waals surface area contributed by atoms with Crippen LogP contribution in [0.1, 0.15) is 16.7 Å². The normalized spacial score (nSPS) is 10.3. The molecular formula is C14H12B2. The molecule has 4 radical (unpaired) electrons. The van der Waals surface area contributed by atoms with Crippen molar-refractivity contribution in [3.63, 3.8) is 0 Å². The second kappa shape index (κ2) is 4.61. The summed E-state index contributed by atoms with van der Waals surface area (Å²) >= 11 is 0. The molecule has 0 aliphatic rings. The van der Waals surface area contributed by atoms with Crippen LogP contribution >= 0.6 is 0 Å². The van der Waals surface area contributed by atoms with Crippen LogP contribution in [0.15, 0.2) is 42.5 Å². The van der Waals surface area contributed by atoms with Crippen LogP contribution in [-0.4, -0.2) is 15.7 Å². The molecule has 0 aromatic heterocycles. The van der Waals surface area contributed by atoms with Gasteiger partial charge in [-0.05, 0) is 24.5 Å². The van der Waals surface area contributed by atoms with Gasteiger partial charge in [-0.2, -0.15) is 0 Å². The first-order chi connectivity index (χ1) is 7.65. The molecule has 2 rings (SSSR count). The minimum absolute atomic E-state index is 0.798. The monoisotopic (exact) mass is 202 g/mol. The van der Waals surface area contributed by atoms with E-state index < -0.39 is 0 Å². The Morgan fingerprint density at radius 1 is 0.875 bits per heavy atom. The van der Waals surface area contributed by atoms with Crippen molar-refractivity contribution in [1.29, 1.82) is 0 Å². The molecule has 0 atom stereocenters. The summed E-state index contributed by atoms with van der Waals surface area (Å²) in [5.74, 6) is 0. The van der Waals surface area contributed by atoms with Crippen molar-refractivity contribution in [2.45, 2.75) is 13.3 Å². The summed E-state index contributed by atoms with van der Waals surface area (Å²) in [7, 11) is 11.5. The Bertz CT molecular complexity index is 487. The third kappa shape index (κ3) is 2.57. The molecule has 0 saturated carbocycles. The van der Waals surface area contributed by atoms with Crippen molar-refractivity contribution >= 4 is 26.6 Å². The predicted octanol–water partition coefficient (Wildman–Crippen LogP) is 1.17. The molecule has 0 N–H and O–H groups in total. The second-order valence-corrected chi connectivity index (χ2v) is 4.11. The van der Waals surface area contributed by atoms with Gasteiger partial charge in [0.2, 0.25) is 0 Å². The minimum atomic E-state index is 0.798. The Kier molecular flexibility index (Phi) is 3.19. The highest BCUT2D eigenvalue weighted by Gasteiger charge is 1.98. The lowest BCUT2D eigenvalue weighted by Gasteiger charge is -2.06. The van der Waals surface area contributed by atoms with Crippen molar-refractivity contribution < 1.29 is 0 Å². The van der Waals surface area contributed by atoms with Gasteiger partial charge in [-0.1, -0.05) is 59.0 Å². The number of hydrogen-bond acceptors (Lipinski definition) is 0. The first-order valence-corrected chi connectivity index (χ1v) is 5.34. The first kappa shape index (κ1) is 11.1. The van der Waals surface area contributed by atoms with E-state index in [0.717, 1.165) is 22.9 Å². The highest BCUT2D eigenvalue weighted by atomic mass is 14.0. The lowest BCUT2D eigenvalue weighted by atomic mass is 9.88. The molecule has 0 aliphatic heterocycles. The summed E-state index contributed by atoms with van der Waals surface area (Å²) in [6.45, 7) is 2.02. The molecule has 0 saturated heterocycles. The average Bonchev–Trinajstić information content (AvgIpc) is 2.27. The second-order valence-electron chi connectivity index (χ2n) is 4.11. The molecule has 0 aliphatic carbocycles. The largest absolute Gasteiger partial charge is 0.114 e. The van der Waals surface area contributed by atoms with Crippen molar-refractivity contribution in [1.82, 2.24) is 0 Å². The van der Waals surface area contributed by atoms with Gasteiger partial charge in [0.25, 0.3) is 0 Å². The van der Waals surface area contributed by atoms with E-state index in [2.05, 4.69) is 12.1 Å². The van der Waals surface area contributed by atoms with Crippen LogP contribution < -0.4 is 10.9 Å². The van der Waals surface area contributed by atoms with Crippen LogP contribution in [-0.2, 0) is 6.42 Å². The summed E-state index contributed by atoms with van der Waals surface area (Å²) in [5.41, 5.74) is 5.26. The van der Waals surface area contributed by atoms with Gasteiger partial charge < -0.3 is 0 Å². The quantitative estimate of drug-likeness (QED) is 0.641. The minimum Gasteiger partial charge on any atom is -0.0967 e. The van der Waals surface area contributed by atoms with E-state index in [4.69, 9.17) is 15.7 Å². The molecular weight excluding hydrogens is 190 g/mol. The fraction of sp³-hybridized carbons (Fsp3) is 0.143. The highest BCUT2D eigenvalue weighted by molar-refractivity contribution is 6.33. The number of rotatable bonds is 2. The summed E-state index contributed by atoms with van der Waals surface area (Å²) < 4.78 is 0. The SMILES string of the molecule is [B]c1ccc(Cc2ccc(C)c([B])c2)cc1. The van der Waals surface area contributed by atoms with Crippen LogP contribution in [0.2, 0.25) is 0 Å². The molecule has 0 heterocycles. The zero-order valence-corrected chi connectivity index (χ0v) is 9.40. The molecule has 2 aromatic carbocycles. The smallest absolute Gasteiger partial charge is 0.0967 e. The third-order valence-electron chi connectivity index (χ3n) is 2.73. The van der Waals surface area contributed by atoms with Gasteiger partial charge in [0.15, 0.2) is 0 Å². The summed E-state index contributed by atoms with van der Waals surface area (Å²) in [4.78, 5) is 0. The van der Waals surface area contributed by atoms with Gasteiger partial charge in [0.05, 0.1) is 0 Å². The fourth-order valence-corrected chi connectivity index (χ4v) is 1.67. The van der Waals surface area contributed by atoms with E-state index in [1.807, 2.05) is 37.3 Å².